The molecule has 6 nitrogen and oxygen atoms in total. The molecule has 1 aromatic heterocycles. The third-order valence-electron chi connectivity index (χ3n) is 4.26. The lowest BCUT2D eigenvalue weighted by molar-refractivity contribution is -0.117. The Hall–Kier alpha value is -3.46. The Labute approximate surface area is 144 Å². The molecule has 122 valence electrons. The van der Waals surface area contributed by atoms with Gasteiger partial charge in [-0.2, -0.15) is 10.2 Å². The molecule has 1 amide bonds. The number of carbonyl (C=O) groups is 1. The summed E-state index contributed by atoms with van der Waals surface area (Å²) in [5.74, 6) is 0.890. The summed E-state index contributed by atoms with van der Waals surface area (Å²) in [6.07, 6.45) is 0.362. The molecule has 0 radical (unpaired) electrons. The first-order valence-corrected chi connectivity index (χ1v) is 7.94. The maximum atomic E-state index is 12.3. The van der Waals surface area contributed by atoms with Gasteiger partial charge >= 0.3 is 0 Å². The van der Waals surface area contributed by atoms with Gasteiger partial charge in [0, 0.05) is 30.1 Å². The summed E-state index contributed by atoms with van der Waals surface area (Å²) >= 11 is 0. The van der Waals surface area contributed by atoms with E-state index in [1.54, 1.807) is 29.2 Å². The molecule has 0 spiro atoms. The fourth-order valence-electron chi connectivity index (χ4n) is 2.94. The number of carbonyl (C=O) groups excluding carboxylic acids is 1. The molecule has 1 aliphatic heterocycles. The second kappa shape index (κ2) is 6.21. The zero-order valence-electron chi connectivity index (χ0n) is 13.3. The molecule has 3 aromatic rings. The molecule has 0 unspecified atom stereocenters. The molecule has 2 heterocycles. The smallest absolute Gasteiger partial charge is 0.257 e. The molecule has 0 aliphatic carbocycles. The Kier molecular flexibility index (Phi) is 3.75. The lowest BCUT2D eigenvalue weighted by Gasteiger charge is -2.15. The minimum absolute atomic E-state index is 0.0564. The molecular formula is C19H14N4O2. The zero-order valence-corrected chi connectivity index (χ0v) is 13.3. The van der Waals surface area contributed by atoms with Gasteiger partial charge in [-0.05, 0) is 36.4 Å². The van der Waals surface area contributed by atoms with Gasteiger partial charge in [-0.1, -0.05) is 23.4 Å². The van der Waals surface area contributed by atoms with Crippen molar-refractivity contribution in [3.63, 3.8) is 0 Å². The molecule has 0 N–H and O–H groups in total. The first-order valence-electron chi connectivity index (χ1n) is 7.94. The molecule has 2 aromatic carbocycles. The fourth-order valence-corrected chi connectivity index (χ4v) is 2.94. The van der Waals surface area contributed by atoms with E-state index in [1.165, 1.54) is 0 Å². The molecule has 0 bridgehead atoms. The average Bonchev–Trinajstić information content (AvgIpc) is 3.29. The molecular weight excluding hydrogens is 316 g/mol. The fraction of sp³-hybridized carbons (Fsp3) is 0.158. The van der Waals surface area contributed by atoms with Crippen LogP contribution in [0.1, 0.15) is 23.7 Å². The summed E-state index contributed by atoms with van der Waals surface area (Å²) in [5, 5.41) is 12.9. The number of hydrogen-bond acceptors (Lipinski definition) is 5. The second-order valence-corrected chi connectivity index (χ2v) is 5.89. The molecule has 25 heavy (non-hydrogen) atoms. The van der Waals surface area contributed by atoms with Gasteiger partial charge < -0.3 is 9.42 Å². The van der Waals surface area contributed by atoms with Gasteiger partial charge in [-0.15, -0.1) is 0 Å². The number of para-hydroxylation sites is 1. The van der Waals surface area contributed by atoms with Crippen molar-refractivity contribution >= 4 is 11.6 Å². The Morgan fingerprint density at radius 1 is 1.12 bits per heavy atom. The summed E-state index contributed by atoms with van der Waals surface area (Å²) in [6.45, 7) is 0.537. The van der Waals surface area contributed by atoms with E-state index in [2.05, 4.69) is 16.2 Å². The largest absolute Gasteiger partial charge is 0.334 e. The van der Waals surface area contributed by atoms with Crippen LogP contribution in [0.4, 0.5) is 5.69 Å². The van der Waals surface area contributed by atoms with E-state index in [9.17, 15) is 4.79 Å². The maximum Gasteiger partial charge on any atom is 0.257 e. The van der Waals surface area contributed by atoms with Crippen LogP contribution >= 0.6 is 0 Å². The van der Waals surface area contributed by atoms with Crippen molar-refractivity contribution in [3.8, 4) is 17.5 Å². The first-order chi connectivity index (χ1) is 12.2. The van der Waals surface area contributed by atoms with Crippen molar-refractivity contribution in [3.05, 3.63) is 66.0 Å². The zero-order chi connectivity index (χ0) is 17.2. The minimum atomic E-state index is -0.0939. The number of rotatable bonds is 3. The van der Waals surface area contributed by atoms with Crippen molar-refractivity contribution in [2.24, 2.45) is 0 Å². The van der Waals surface area contributed by atoms with E-state index in [4.69, 9.17) is 9.78 Å². The maximum absolute atomic E-state index is 12.3. The predicted molar refractivity (Wildman–Crippen MR) is 90.6 cm³/mol. The first kappa shape index (κ1) is 15.1. The van der Waals surface area contributed by atoms with Crippen molar-refractivity contribution in [2.45, 2.75) is 12.3 Å². The lowest BCUT2D eigenvalue weighted by Crippen LogP contribution is -2.24. The van der Waals surface area contributed by atoms with Gasteiger partial charge in [0.15, 0.2) is 5.82 Å². The number of aromatic nitrogens is 2. The van der Waals surface area contributed by atoms with Crippen LogP contribution in [-0.2, 0) is 4.79 Å². The number of hydrogen-bond donors (Lipinski definition) is 0. The number of nitrogens with zero attached hydrogens (tertiary/aromatic N) is 4. The normalized spacial score (nSPS) is 16.8. The van der Waals surface area contributed by atoms with E-state index >= 15 is 0 Å². The van der Waals surface area contributed by atoms with Gasteiger partial charge in [0.1, 0.15) is 0 Å². The second-order valence-electron chi connectivity index (χ2n) is 5.89. The predicted octanol–water partition coefficient (Wildman–Crippen LogP) is 3.13. The molecule has 4 rings (SSSR count). The van der Waals surface area contributed by atoms with Gasteiger partial charge in [0.25, 0.3) is 5.89 Å². The molecule has 6 heteroatoms. The molecule has 0 saturated carbocycles. The van der Waals surface area contributed by atoms with Crippen molar-refractivity contribution in [2.75, 3.05) is 11.4 Å². The van der Waals surface area contributed by atoms with E-state index in [0.29, 0.717) is 30.2 Å². The van der Waals surface area contributed by atoms with Crippen molar-refractivity contribution in [1.29, 1.82) is 5.26 Å². The number of anilines is 1. The van der Waals surface area contributed by atoms with Crippen LogP contribution in [-0.4, -0.2) is 22.6 Å². The van der Waals surface area contributed by atoms with Crippen LogP contribution in [0.5, 0.6) is 0 Å². The van der Waals surface area contributed by atoms with E-state index in [0.717, 1.165) is 11.3 Å². The van der Waals surface area contributed by atoms with Gasteiger partial charge in [0.05, 0.1) is 11.6 Å². The Morgan fingerprint density at radius 2 is 1.88 bits per heavy atom. The molecule has 1 aliphatic rings. The molecule has 1 fully saturated rings. The topological polar surface area (TPSA) is 83.0 Å². The van der Waals surface area contributed by atoms with Crippen molar-refractivity contribution in [1.82, 2.24) is 10.1 Å². The monoisotopic (exact) mass is 330 g/mol. The quantitative estimate of drug-likeness (QED) is 0.737. The molecule has 1 saturated heterocycles. The third kappa shape index (κ3) is 2.88. The summed E-state index contributed by atoms with van der Waals surface area (Å²) in [6, 6.07) is 18.6. The third-order valence-corrected chi connectivity index (χ3v) is 4.26. The highest BCUT2D eigenvalue weighted by molar-refractivity contribution is 5.96. The van der Waals surface area contributed by atoms with Crippen molar-refractivity contribution < 1.29 is 9.32 Å². The van der Waals surface area contributed by atoms with Gasteiger partial charge in [-0.25, -0.2) is 0 Å². The standard InChI is InChI=1S/C19H14N4O2/c20-11-13-6-8-14(9-7-13)19-21-18(22-25-19)15-10-17(24)23(12-15)16-4-2-1-3-5-16/h1-9,15H,10,12H2/t15-/m1/s1. The highest BCUT2D eigenvalue weighted by Gasteiger charge is 2.34. The van der Waals surface area contributed by atoms with Gasteiger partial charge in [-0.3, -0.25) is 4.79 Å². The van der Waals surface area contributed by atoms with E-state index < -0.39 is 0 Å². The van der Waals surface area contributed by atoms with Crippen LogP contribution < -0.4 is 4.90 Å². The van der Waals surface area contributed by atoms with E-state index in [-0.39, 0.29) is 11.8 Å². The number of nitriles is 1. The lowest BCUT2D eigenvalue weighted by atomic mass is 10.1. The van der Waals surface area contributed by atoms with Crippen LogP contribution in [0.15, 0.2) is 59.1 Å². The molecule has 1 atom stereocenters. The van der Waals surface area contributed by atoms with Crippen LogP contribution in [0, 0.1) is 11.3 Å². The average molecular weight is 330 g/mol. The summed E-state index contributed by atoms with van der Waals surface area (Å²) in [4.78, 5) is 18.5. The van der Waals surface area contributed by atoms with E-state index in [1.807, 2.05) is 30.3 Å². The Bertz CT molecular complexity index is 942. The number of amides is 1. The van der Waals surface area contributed by atoms with Crippen LogP contribution in [0.3, 0.4) is 0 Å². The van der Waals surface area contributed by atoms with Gasteiger partial charge in [0.2, 0.25) is 5.91 Å². The highest BCUT2D eigenvalue weighted by Crippen LogP contribution is 2.31. The Balaban J connectivity index is 1.54. The van der Waals surface area contributed by atoms with Crippen LogP contribution in [0.25, 0.3) is 11.5 Å². The minimum Gasteiger partial charge on any atom is -0.334 e. The number of benzene rings is 2. The summed E-state index contributed by atoms with van der Waals surface area (Å²) < 4.78 is 5.34. The summed E-state index contributed by atoms with van der Waals surface area (Å²) in [5.41, 5.74) is 2.20. The highest BCUT2D eigenvalue weighted by atomic mass is 16.5. The SMILES string of the molecule is N#Cc1ccc(-c2nc([C@@H]3CC(=O)N(c4ccccc4)C3)no2)cc1. The Morgan fingerprint density at radius 3 is 2.60 bits per heavy atom. The van der Waals surface area contributed by atoms with Crippen LogP contribution in [0.2, 0.25) is 0 Å². The summed E-state index contributed by atoms with van der Waals surface area (Å²) in [7, 11) is 0.